The molecule has 0 radical (unpaired) electrons. The molecule has 6 nitrogen and oxygen atoms in total. The fourth-order valence-electron chi connectivity index (χ4n) is 3.38. The first-order valence-electron chi connectivity index (χ1n) is 9.51. The summed E-state index contributed by atoms with van der Waals surface area (Å²) in [6.45, 7) is 5.87. The number of allylic oxidation sites excluding steroid dienone is 1. The Kier molecular flexibility index (Phi) is 5.87. The van der Waals surface area contributed by atoms with Crippen LogP contribution in [0.15, 0.2) is 65.4 Å². The number of carboxylic acid groups (broad SMARTS) is 1. The highest BCUT2D eigenvalue weighted by atomic mass is 16.5. The summed E-state index contributed by atoms with van der Waals surface area (Å²) in [5.41, 5.74) is 3.24. The monoisotopic (exact) mass is 404 g/mol. The number of nitrogens with zero attached hydrogens (tertiary/aromatic N) is 1. The molecule has 0 saturated carbocycles. The summed E-state index contributed by atoms with van der Waals surface area (Å²) in [7, 11) is 1.26. The Morgan fingerprint density at radius 1 is 1.03 bits per heavy atom. The van der Waals surface area contributed by atoms with E-state index in [0.717, 1.165) is 5.56 Å². The molecular weight excluding hydrogens is 382 g/mol. The molecule has 0 aromatic heterocycles. The van der Waals surface area contributed by atoms with Crippen molar-refractivity contribution in [2.45, 2.75) is 26.7 Å². The molecule has 30 heavy (non-hydrogen) atoms. The van der Waals surface area contributed by atoms with Crippen molar-refractivity contribution >= 4 is 29.6 Å². The van der Waals surface area contributed by atoms with Crippen LogP contribution in [0.4, 0.5) is 5.69 Å². The van der Waals surface area contributed by atoms with Gasteiger partial charge in [-0.3, -0.25) is 9.69 Å². The van der Waals surface area contributed by atoms with Crippen LogP contribution in [0, 0.1) is 0 Å². The van der Waals surface area contributed by atoms with E-state index in [-0.39, 0.29) is 22.6 Å². The standard InChI is InChI=1S/C24H23NO5/c1-14(2)17-9-11-19(12-10-17)25-15(3)21(24(29)30-4)20(22(25)26)13-16-5-7-18(8-6-16)23(27)28/h5-14H,1-4H3,(H,27,28)/p-1/b20-13-. The third-order valence-electron chi connectivity index (χ3n) is 5.06. The third kappa shape index (κ3) is 3.89. The molecule has 0 atom stereocenters. The Labute approximate surface area is 175 Å². The molecule has 0 spiro atoms. The van der Waals surface area contributed by atoms with E-state index >= 15 is 0 Å². The smallest absolute Gasteiger partial charge is 0.340 e. The van der Waals surface area contributed by atoms with Crippen LogP contribution in [0.3, 0.4) is 0 Å². The Morgan fingerprint density at radius 3 is 2.13 bits per heavy atom. The molecule has 3 rings (SSSR count). The van der Waals surface area contributed by atoms with E-state index in [9.17, 15) is 19.5 Å². The van der Waals surface area contributed by atoms with Gasteiger partial charge in [0.15, 0.2) is 0 Å². The number of ether oxygens (including phenoxy) is 1. The first-order chi connectivity index (χ1) is 14.2. The summed E-state index contributed by atoms with van der Waals surface area (Å²) in [5.74, 6) is -1.89. The molecule has 0 N–H and O–H groups in total. The van der Waals surface area contributed by atoms with Gasteiger partial charge in [-0.25, -0.2) is 4.79 Å². The van der Waals surface area contributed by atoms with Crippen LogP contribution in [0.25, 0.3) is 6.08 Å². The number of aromatic carboxylic acids is 1. The summed E-state index contributed by atoms with van der Waals surface area (Å²) in [6.07, 6.45) is 1.56. The molecular formula is C24H22NO5-. The number of methoxy groups -OCH3 is 1. The summed E-state index contributed by atoms with van der Waals surface area (Å²) < 4.78 is 4.90. The van der Waals surface area contributed by atoms with Gasteiger partial charge in [-0.05, 0) is 47.7 Å². The van der Waals surface area contributed by atoms with Crippen LogP contribution in [0.5, 0.6) is 0 Å². The second kappa shape index (κ2) is 8.37. The van der Waals surface area contributed by atoms with Gasteiger partial charge in [0.1, 0.15) is 0 Å². The van der Waals surface area contributed by atoms with Gasteiger partial charge in [0.05, 0.1) is 24.2 Å². The van der Waals surface area contributed by atoms with Crippen molar-refractivity contribution in [1.29, 1.82) is 0 Å². The van der Waals surface area contributed by atoms with Crippen molar-refractivity contribution in [3.63, 3.8) is 0 Å². The highest BCUT2D eigenvalue weighted by Gasteiger charge is 2.37. The SMILES string of the molecule is COC(=O)C1=C(C)N(c2ccc(C(C)C)cc2)C(=O)/C1=C\c1ccc(C(=O)[O-])cc1. The molecule has 1 amide bonds. The number of benzene rings is 2. The largest absolute Gasteiger partial charge is 0.545 e. The Balaban J connectivity index is 2.06. The molecule has 0 saturated heterocycles. The predicted molar refractivity (Wildman–Crippen MR) is 111 cm³/mol. The average molecular weight is 404 g/mol. The lowest BCUT2D eigenvalue weighted by Crippen LogP contribution is -2.24. The van der Waals surface area contributed by atoms with Gasteiger partial charge in [0.25, 0.3) is 5.91 Å². The average Bonchev–Trinajstić information content (AvgIpc) is 2.97. The van der Waals surface area contributed by atoms with E-state index < -0.39 is 11.9 Å². The van der Waals surface area contributed by atoms with Crippen LogP contribution in [-0.4, -0.2) is 25.0 Å². The fraction of sp³-hybridized carbons (Fsp3) is 0.208. The number of carbonyl (C=O) groups is 3. The van der Waals surface area contributed by atoms with Crippen molar-refractivity contribution in [1.82, 2.24) is 0 Å². The van der Waals surface area contributed by atoms with Crippen LogP contribution >= 0.6 is 0 Å². The topological polar surface area (TPSA) is 86.7 Å². The molecule has 154 valence electrons. The second-order valence-corrected chi connectivity index (χ2v) is 7.31. The van der Waals surface area contributed by atoms with E-state index in [2.05, 4.69) is 13.8 Å². The maximum atomic E-state index is 13.2. The number of amides is 1. The zero-order valence-corrected chi connectivity index (χ0v) is 17.3. The molecule has 0 bridgehead atoms. The van der Waals surface area contributed by atoms with Gasteiger partial charge in [-0.1, -0.05) is 50.2 Å². The number of carbonyl (C=O) groups excluding carboxylic acids is 3. The third-order valence-corrected chi connectivity index (χ3v) is 5.06. The zero-order chi connectivity index (χ0) is 22.0. The molecule has 0 fully saturated rings. The molecule has 1 heterocycles. The van der Waals surface area contributed by atoms with Crippen LogP contribution in [-0.2, 0) is 14.3 Å². The number of esters is 1. The second-order valence-electron chi connectivity index (χ2n) is 7.31. The zero-order valence-electron chi connectivity index (χ0n) is 17.3. The molecule has 1 aliphatic heterocycles. The van der Waals surface area contributed by atoms with Crippen molar-refractivity contribution in [3.8, 4) is 0 Å². The molecule has 0 aliphatic carbocycles. The Hall–Kier alpha value is -3.67. The minimum atomic E-state index is -1.28. The van der Waals surface area contributed by atoms with Gasteiger partial charge < -0.3 is 14.6 Å². The highest BCUT2D eigenvalue weighted by molar-refractivity contribution is 6.23. The van der Waals surface area contributed by atoms with E-state index in [0.29, 0.717) is 22.9 Å². The molecule has 6 heteroatoms. The van der Waals surface area contributed by atoms with E-state index in [4.69, 9.17) is 4.74 Å². The van der Waals surface area contributed by atoms with E-state index in [1.165, 1.54) is 24.1 Å². The van der Waals surface area contributed by atoms with Crippen molar-refractivity contribution in [2.24, 2.45) is 0 Å². The molecule has 2 aromatic carbocycles. The highest BCUT2D eigenvalue weighted by Crippen LogP contribution is 2.35. The summed E-state index contributed by atoms with van der Waals surface area (Å²) >= 11 is 0. The minimum absolute atomic E-state index is 0.0293. The van der Waals surface area contributed by atoms with Gasteiger partial charge in [0, 0.05) is 11.4 Å². The minimum Gasteiger partial charge on any atom is -0.545 e. The van der Waals surface area contributed by atoms with E-state index in [1.54, 1.807) is 25.1 Å². The van der Waals surface area contributed by atoms with Gasteiger partial charge >= 0.3 is 5.97 Å². The first-order valence-corrected chi connectivity index (χ1v) is 9.51. The van der Waals surface area contributed by atoms with Crippen molar-refractivity contribution in [2.75, 3.05) is 12.0 Å². The number of carboxylic acids is 1. The quantitative estimate of drug-likeness (QED) is 0.565. The number of rotatable bonds is 5. The lowest BCUT2D eigenvalue weighted by Gasteiger charge is -2.19. The number of hydrogen-bond acceptors (Lipinski definition) is 5. The lowest BCUT2D eigenvalue weighted by atomic mass is 10.0. The fourth-order valence-corrected chi connectivity index (χ4v) is 3.38. The normalized spacial score (nSPS) is 15.3. The maximum Gasteiger partial charge on any atom is 0.340 e. The van der Waals surface area contributed by atoms with Crippen LogP contribution in [0.2, 0.25) is 0 Å². The number of hydrogen-bond donors (Lipinski definition) is 0. The summed E-state index contributed by atoms with van der Waals surface area (Å²) in [4.78, 5) is 38.1. The Bertz CT molecular complexity index is 1060. The number of anilines is 1. The van der Waals surface area contributed by atoms with Gasteiger partial charge in [-0.2, -0.15) is 0 Å². The molecule has 0 unspecified atom stereocenters. The van der Waals surface area contributed by atoms with Crippen molar-refractivity contribution in [3.05, 3.63) is 82.1 Å². The first kappa shape index (κ1) is 21.0. The predicted octanol–water partition coefficient (Wildman–Crippen LogP) is 3.05. The lowest BCUT2D eigenvalue weighted by molar-refractivity contribution is -0.255. The summed E-state index contributed by atoms with van der Waals surface area (Å²) in [5, 5.41) is 10.9. The maximum absolute atomic E-state index is 13.2. The van der Waals surface area contributed by atoms with Gasteiger partial charge in [0.2, 0.25) is 0 Å². The van der Waals surface area contributed by atoms with Crippen molar-refractivity contribution < 1.29 is 24.2 Å². The van der Waals surface area contributed by atoms with E-state index in [1.807, 2.05) is 24.3 Å². The molecule has 1 aliphatic rings. The van der Waals surface area contributed by atoms with Crippen LogP contribution in [0.1, 0.15) is 48.2 Å². The Morgan fingerprint density at radius 2 is 1.63 bits per heavy atom. The van der Waals surface area contributed by atoms with Gasteiger partial charge in [-0.15, -0.1) is 0 Å². The molecule has 2 aromatic rings. The summed E-state index contributed by atoms with van der Waals surface area (Å²) in [6, 6.07) is 13.5. The van der Waals surface area contributed by atoms with Crippen LogP contribution < -0.4 is 10.0 Å².